The Bertz CT molecular complexity index is 4550. The van der Waals surface area contributed by atoms with Gasteiger partial charge in [-0.1, -0.05) is 237 Å². The molecule has 0 aliphatic rings. The minimum atomic E-state index is -2.99. The lowest BCUT2D eigenvalue weighted by Gasteiger charge is -2.35. The molecule has 3 heterocycles. The molecule has 0 fully saturated rings. The number of hydrogen-bond acceptors (Lipinski definition) is 0. The number of fused-ring (bicyclic) bond motifs is 9. The molecular formula is C72H49N3Si. The Labute approximate surface area is 442 Å². The second kappa shape index (κ2) is 17.7. The molecule has 0 unspecified atom stereocenters. The van der Waals surface area contributed by atoms with E-state index in [1.165, 1.54) is 86.3 Å². The van der Waals surface area contributed by atoms with E-state index < -0.39 is 8.07 Å². The standard InChI is InChI=1S/C72H49N3Si/c1-4-23-50(24-5-1)51-25-20-31-58(47-51)76(56-27-6-2-7-28-56,57-29-8-3-9-30-57)59-32-21-26-52(48-59)53-45-54(73-65-38-15-10-33-60(65)61-34-11-16-39-66(61)73)49-55(46-53)74-69-42-19-14-37-64(69)72-70(74)43-22-44-71(72)75-67-40-17-12-35-62(67)63-36-13-18-41-68(63)75/h1-49H. The van der Waals surface area contributed by atoms with Gasteiger partial charge in [-0.05, 0) is 104 Å². The Morgan fingerprint density at radius 1 is 0.211 bits per heavy atom. The van der Waals surface area contributed by atoms with Gasteiger partial charge in [0.25, 0.3) is 0 Å². The smallest absolute Gasteiger partial charge is 0.179 e. The highest BCUT2D eigenvalue weighted by Crippen LogP contribution is 2.42. The van der Waals surface area contributed by atoms with Crippen molar-refractivity contribution in [1.29, 1.82) is 0 Å². The zero-order valence-electron chi connectivity index (χ0n) is 41.6. The molecule has 0 aliphatic heterocycles. The van der Waals surface area contributed by atoms with Crippen LogP contribution in [0.15, 0.2) is 297 Å². The van der Waals surface area contributed by atoms with Gasteiger partial charge in [-0.15, -0.1) is 0 Å². The summed E-state index contributed by atoms with van der Waals surface area (Å²) in [4.78, 5) is 0. The van der Waals surface area contributed by atoms with Crippen LogP contribution >= 0.6 is 0 Å². The summed E-state index contributed by atoms with van der Waals surface area (Å²) < 4.78 is 7.45. The molecule has 15 aromatic rings. The molecule has 0 atom stereocenters. The molecule has 0 N–H and O–H groups in total. The van der Waals surface area contributed by atoms with Crippen molar-refractivity contribution >= 4 is 94.2 Å². The highest BCUT2D eigenvalue weighted by atomic mass is 28.3. The fourth-order valence-corrected chi connectivity index (χ4v) is 17.6. The molecule has 4 heteroatoms. The van der Waals surface area contributed by atoms with Crippen molar-refractivity contribution in [2.24, 2.45) is 0 Å². The van der Waals surface area contributed by atoms with Crippen molar-refractivity contribution in [2.75, 3.05) is 0 Å². The lowest BCUT2D eigenvalue weighted by molar-refractivity contribution is 1.13. The fourth-order valence-electron chi connectivity index (χ4n) is 12.7. The molecular weight excluding hydrogens is 935 g/mol. The zero-order valence-corrected chi connectivity index (χ0v) is 42.6. The minimum Gasteiger partial charge on any atom is -0.309 e. The fraction of sp³-hybridized carbons (Fsp3) is 0. The molecule has 0 spiro atoms. The average molecular weight is 984 g/mol. The first-order chi connectivity index (χ1) is 37.7. The summed E-state index contributed by atoms with van der Waals surface area (Å²) in [6.45, 7) is 0. The van der Waals surface area contributed by atoms with Crippen LogP contribution in [0.25, 0.3) is 105 Å². The lowest BCUT2D eigenvalue weighted by Crippen LogP contribution is -2.74. The first-order valence-electron chi connectivity index (χ1n) is 26.3. The summed E-state index contributed by atoms with van der Waals surface area (Å²) in [5.74, 6) is 0. The van der Waals surface area contributed by atoms with Crippen LogP contribution in [0.2, 0.25) is 0 Å². The maximum Gasteiger partial charge on any atom is 0.179 e. The van der Waals surface area contributed by atoms with Crippen molar-refractivity contribution in [3.05, 3.63) is 297 Å². The number of nitrogens with zero attached hydrogens (tertiary/aromatic N) is 3. The van der Waals surface area contributed by atoms with Gasteiger partial charge in [0.1, 0.15) is 0 Å². The summed E-state index contributed by atoms with van der Waals surface area (Å²) in [7, 11) is -2.99. The van der Waals surface area contributed by atoms with Gasteiger partial charge in [-0.2, -0.15) is 0 Å². The summed E-state index contributed by atoms with van der Waals surface area (Å²) in [6, 6.07) is 111. The van der Waals surface area contributed by atoms with E-state index in [0.29, 0.717) is 0 Å². The molecule has 12 aromatic carbocycles. The maximum atomic E-state index is 2.52. The second-order valence-electron chi connectivity index (χ2n) is 20.0. The largest absolute Gasteiger partial charge is 0.309 e. The molecule has 76 heavy (non-hydrogen) atoms. The van der Waals surface area contributed by atoms with Gasteiger partial charge < -0.3 is 13.7 Å². The van der Waals surface area contributed by atoms with E-state index in [4.69, 9.17) is 0 Å². The average Bonchev–Trinajstić information content (AvgIpc) is 4.26. The van der Waals surface area contributed by atoms with Gasteiger partial charge in [0, 0.05) is 43.7 Å². The van der Waals surface area contributed by atoms with E-state index in [-0.39, 0.29) is 0 Å². The minimum absolute atomic E-state index is 1.09. The summed E-state index contributed by atoms with van der Waals surface area (Å²) in [5, 5.41) is 12.7. The predicted octanol–water partition coefficient (Wildman–Crippen LogP) is 15.7. The number of para-hydroxylation sites is 5. The first kappa shape index (κ1) is 43.8. The van der Waals surface area contributed by atoms with E-state index in [0.717, 1.165) is 39.2 Å². The van der Waals surface area contributed by atoms with Crippen LogP contribution in [0.3, 0.4) is 0 Å². The van der Waals surface area contributed by atoms with Crippen LogP contribution in [0.1, 0.15) is 0 Å². The van der Waals surface area contributed by atoms with E-state index in [1.54, 1.807) is 0 Å². The maximum absolute atomic E-state index is 2.99. The summed E-state index contributed by atoms with van der Waals surface area (Å²) in [5.41, 5.74) is 15.1. The quantitative estimate of drug-likeness (QED) is 0.101. The third-order valence-corrected chi connectivity index (χ3v) is 20.7. The predicted molar refractivity (Wildman–Crippen MR) is 324 cm³/mol. The van der Waals surface area contributed by atoms with E-state index in [2.05, 4.69) is 311 Å². The van der Waals surface area contributed by atoms with Gasteiger partial charge in [0.15, 0.2) is 8.07 Å². The van der Waals surface area contributed by atoms with Crippen molar-refractivity contribution in [1.82, 2.24) is 13.7 Å². The molecule has 0 saturated carbocycles. The van der Waals surface area contributed by atoms with Crippen molar-refractivity contribution in [3.63, 3.8) is 0 Å². The molecule has 0 amide bonds. The summed E-state index contributed by atoms with van der Waals surface area (Å²) >= 11 is 0. The molecule has 0 aliphatic carbocycles. The van der Waals surface area contributed by atoms with Gasteiger partial charge in [-0.3, -0.25) is 0 Å². The van der Waals surface area contributed by atoms with Crippen molar-refractivity contribution < 1.29 is 0 Å². The molecule has 3 nitrogen and oxygen atoms in total. The third-order valence-electron chi connectivity index (χ3n) is 15.9. The van der Waals surface area contributed by atoms with E-state index in [1.807, 2.05) is 0 Å². The highest BCUT2D eigenvalue weighted by Gasteiger charge is 2.42. The SMILES string of the molecule is c1ccc(-c2cccc([Si](c3ccccc3)(c3ccccc3)c3cccc(-c4cc(-n5c6ccccc6c6ccccc65)cc(-n5c6ccccc6c6c(-n7c8ccccc8c8ccccc87)cccc65)c4)c3)c2)cc1. The lowest BCUT2D eigenvalue weighted by atomic mass is 10.0. The molecule has 15 rings (SSSR count). The van der Waals surface area contributed by atoms with Crippen LogP contribution in [-0.4, -0.2) is 21.8 Å². The van der Waals surface area contributed by atoms with Crippen LogP contribution in [0, 0.1) is 0 Å². The van der Waals surface area contributed by atoms with Crippen LogP contribution < -0.4 is 20.7 Å². The Hall–Kier alpha value is -9.74. The van der Waals surface area contributed by atoms with Crippen LogP contribution in [0.5, 0.6) is 0 Å². The molecule has 0 saturated heterocycles. The Morgan fingerprint density at radius 3 is 1.05 bits per heavy atom. The number of aromatic nitrogens is 3. The van der Waals surface area contributed by atoms with Crippen LogP contribution in [-0.2, 0) is 0 Å². The van der Waals surface area contributed by atoms with E-state index >= 15 is 0 Å². The Balaban J connectivity index is 1.02. The van der Waals surface area contributed by atoms with Crippen LogP contribution in [0.4, 0.5) is 0 Å². The molecule has 0 radical (unpaired) electrons. The van der Waals surface area contributed by atoms with Gasteiger partial charge in [-0.25, -0.2) is 0 Å². The zero-order chi connectivity index (χ0) is 50.2. The van der Waals surface area contributed by atoms with E-state index in [9.17, 15) is 0 Å². The Kier molecular flexibility index (Phi) is 10.2. The monoisotopic (exact) mass is 983 g/mol. The summed E-state index contributed by atoms with van der Waals surface area (Å²) in [6.07, 6.45) is 0. The van der Waals surface area contributed by atoms with Gasteiger partial charge >= 0.3 is 0 Å². The number of rotatable bonds is 9. The number of hydrogen-bond donors (Lipinski definition) is 0. The number of benzene rings is 12. The van der Waals surface area contributed by atoms with Crippen molar-refractivity contribution in [2.45, 2.75) is 0 Å². The topological polar surface area (TPSA) is 14.8 Å². The first-order valence-corrected chi connectivity index (χ1v) is 28.3. The molecule has 0 bridgehead atoms. The Morgan fingerprint density at radius 2 is 0.553 bits per heavy atom. The van der Waals surface area contributed by atoms with Gasteiger partial charge in [0.2, 0.25) is 0 Å². The molecule has 3 aromatic heterocycles. The third kappa shape index (κ3) is 6.74. The van der Waals surface area contributed by atoms with Crippen molar-refractivity contribution in [3.8, 4) is 39.3 Å². The molecule has 356 valence electrons. The second-order valence-corrected chi connectivity index (χ2v) is 23.8. The normalized spacial score (nSPS) is 11.9. The highest BCUT2D eigenvalue weighted by molar-refractivity contribution is 7.20. The van der Waals surface area contributed by atoms with Gasteiger partial charge in [0.05, 0.1) is 38.8 Å².